The third kappa shape index (κ3) is 7.10. The molecule has 43 heavy (non-hydrogen) atoms. The van der Waals surface area contributed by atoms with Crippen LogP contribution in [-0.2, 0) is 21.9 Å². The Morgan fingerprint density at radius 1 is 1.07 bits per heavy atom. The Labute approximate surface area is 246 Å². The van der Waals surface area contributed by atoms with Crippen LogP contribution in [0.3, 0.4) is 0 Å². The fraction of sp³-hybridized carbons (Fsp3) is 0.484. The molecule has 2 aliphatic rings. The molecule has 234 valence electrons. The summed E-state index contributed by atoms with van der Waals surface area (Å²) in [6.07, 6.45) is -9.96. The number of halogens is 6. The van der Waals surface area contributed by atoms with E-state index in [0.717, 1.165) is 23.1 Å². The van der Waals surface area contributed by atoms with Gasteiger partial charge >= 0.3 is 18.4 Å². The molecule has 4 rings (SSSR count). The molecule has 1 fully saturated rings. The molecule has 2 atom stereocenters. The van der Waals surface area contributed by atoms with E-state index < -0.39 is 41.7 Å². The average molecular weight is 613 g/mol. The predicted molar refractivity (Wildman–Crippen MR) is 148 cm³/mol. The first kappa shape index (κ1) is 32.2. The van der Waals surface area contributed by atoms with Crippen LogP contribution in [0.15, 0.2) is 42.0 Å². The van der Waals surface area contributed by atoms with Gasteiger partial charge in [-0.3, -0.25) is 9.69 Å². The fourth-order valence-electron chi connectivity index (χ4n) is 5.67. The molecule has 6 nitrogen and oxygen atoms in total. The number of nitrogens with zero attached hydrogens (tertiary/aromatic N) is 1. The van der Waals surface area contributed by atoms with E-state index in [9.17, 15) is 35.9 Å². The molecule has 1 N–H and O–H groups in total. The van der Waals surface area contributed by atoms with Gasteiger partial charge < -0.3 is 14.8 Å². The first-order valence-corrected chi connectivity index (χ1v) is 13.9. The molecule has 2 aromatic rings. The molecule has 2 amide bonds. The third-order valence-electron chi connectivity index (χ3n) is 7.99. The number of alkyl halides is 6. The van der Waals surface area contributed by atoms with Gasteiger partial charge in [0, 0.05) is 24.2 Å². The van der Waals surface area contributed by atoms with Gasteiger partial charge in [0.15, 0.2) is 0 Å². The first-order chi connectivity index (χ1) is 19.9. The van der Waals surface area contributed by atoms with Crippen molar-refractivity contribution in [3.63, 3.8) is 0 Å². The van der Waals surface area contributed by atoms with Crippen molar-refractivity contribution in [1.82, 2.24) is 4.90 Å². The second-order valence-electron chi connectivity index (χ2n) is 11.8. The van der Waals surface area contributed by atoms with E-state index in [4.69, 9.17) is 9.47 Å². The summed E-state index contributed by atoms with van der Waals surface area (Å²) in [7, 11) is 1.52. The number of nitrogens with one attached hydrogen (secondary N) is 1. The number of carbonyl (C=O) groups is 2. The zero-order chi connectivity index (χ0) is 31.9. The maximum absolute atomic E-state index is 13.5. The number of benzene rings is 2. The smallest absolute Gasteiger partial charge is 0.416 e. The van der Waals surface area contributed by atoms with Gasteiger partial charge in [-0.05, 0) is 84.7 Å². The van der Waals surface area contributed by atoms with E-state index >= 15 is 0 Å². The third-order valence-corrected chi connectivity index (χ3v) is 7.99. The largest absolute Gasteiger partial charge is 0.496 e. The van der Waals surface area contributed by atoms with Gasteiger partial charge in [-0.25, -0.2) is 4.79 Å². The van der Waals surface area contributed by atoms with E-state index in [1.165, 1.54) is 12.0 Å². The van der Waals surface area contributed by atoms with Gasteiger partial charge in [-0.15, -0.1) is 0 Å². The van der Waals surface area contributed by atoms with Crippen molar-refractivity contribution in [2.75, 3.05) is 19.0 Å². The van der Waals surface area contributed by atoms with Crippen molar-refractivity contribution in [2.45, 2.75) is 77.9 Å². The lowest BCUT2D eigenvalue weighted by atomic mass is 9.72. The van der Waals surface area contributed by atoms with Gasteiger partial charge in [0.25, 0.3) is 0 Å². The number of methoxy groups -OCH3 is 1. The average Bonchev–Trinajstić information content (AvgIpc) is 3.20. The van der Waals surface area contributed by atoms with Crippen LogP contribution in [0, 0.1) is 5.41 Å². The number of allylic oxidation sites excluding steroid dienone is 1. The number of rotatable bonds is 7. The summed E-state index contributed by atoms with van der Waals surface area (Å²) in [4.78, 5) is 26.5. The number of amides is 2. The van der Waals surface area contributed by atoms with Crippen molar-refractivity contribution in [3.05, 3.63) is 64.2 Å². The van der Waals surface area contributed by atoms with Gasteiger partial charge in [0.2, 0.25) is 5.91 Å². The van der Waals surface area contributed by atoms with Crippen LogP contribution < -0.4 is 10.1 Å². The molecule has 1 saturated heterocycles. The molecule has 1 aliphatic heterocycles. The maximum atomic E-state index is 13.5. The Morgan fingerprint density at radius 3 is 2.26 bits per heavy atom. The molecule has 12 heteroatoms. The molecule has 1 aliphatic carbocycles. The first-order valence-electron chi connectivity index (χ1n) is 13.9. The predicted octanol–water partition coefficient (Wildman–Crippen LogP) is 8.63. The van der Waals surface area contributed by atoms with Crippen LogP contribution in [0.1, 0.15) is 81.7 Å². The molecular weight excluding hydrogens is 578 g/mol. The van der Waals surface area contributed by atoms with E-state index in [2.05, 4.69) is 19.2 Å². The Kier molecular flexibility index (Phi) is 8.82. The Hall–Kier alpha value is -3.70. The highest BCUT2D eigenvalue weighted by molar-refractivity contribution is 5.91. The minimum atomic E-state index is -5.03. The van der Waals surface area contributed by atoms with Crippen molar-refractivity contribution >= 4 is 23.3 Å². The highest BCUT2D eigenvalue weighted by Crippen LogP contribution is 2.47. The lowest BCUT2D eigenvalue weighted by molar-refractivity contribution is -0.143. The van der Waals surface area contributed by atoms with Gasteiger partial charge in [0.05, 0.1) is 24.3 Å². The van der Waals surface area contributed by atoms with Crippen molar-refractivity contribution in [2.24, 2.45) is 5.41 Å². The van der Waals surface area contributed by atoms with Crippen LogP contribution in [0.4, 0.5) is 36.8 Å². The molecule has 0 unspecified atom stereocenters. The molecular formula is C31H34F6N2O4. The van der Waals surface area contributed by atoms with Crippen molar-refractivity contribution in [1.29, 1.82) is 0 Å². The number of carbonyl (C=O) groups excluding carboxylic acids is 2. The second-order valence-corrected chi connectivity index (χ2v) is 11.8. The fourth-order valence-corrected chi connectivity index (χ4v) is 5.67. The Morgan fingerprint density at radius 2 is 1.70 bits per heavy atom. The summed E-state index contributed by atoms with van der Waals surface area (Å²) in [5, 5.41) is 2.83. The molecule has 1 heterocycles. The van der Waals surface area contributed by atoms with Crippen LogP contribution in [0.5, 0.6) is 5.75 Å². The van der Waals surface area contributed by atoms with Gasteiger partial charge in [-0.1, -0.05) is 20.8 Å². The summed E-state index contributed by atoms with van der Waals surface area (Å²) >= 11 is 0. The standard InChI is InChI=1S/C31H34F6N2O4/c1-6-26(40)38-22-7-8-25(42-5)24(14-22)23-9-10-29(3,4)15-19(23)16-39-17(2)27(43-28(39)41)18-11-20(30(32,33)34)13-21(12-18)31(35,36)37/h7-8,11-14,17,27H,6,9-10,15-16H2,1-5H3,(H,38,40)/t17-,27-/m0/s1. The highest BCUT2D eigenvalue weighted by Gasteiger charge is 2.44. The van der Waals surface area contributed by atoms with Gasteiger partial charge in [0.1, 0.15) is 11.9 Å². The minimum absolute atomic E-state index is 0.0499. The summed E-state index contributed by atoms with van der Waals surface area (Å²) in [5.41, 5.74) is -0.423. The van der Waals surface area contributed by atoms with E-state index in [1.807, 2.05) is 0 Å². The molecule has 2 aromatic carbocycles. The van der Waals surface area contributed by atoms with Crippen LogP contribution in [0.25, 0.3) is 5.57 Å². The lowest BCUT2D eigenvalue weighted by Crippen LogP contribution is -2.35. The Balaban J connectivity index is 1.74. The molecule has 0 saturated carbocycles. The number of cyclic esters (lactones) is 1. The number of hydrogen-bond acceptors (Lipinski definition) is 4. The molecule has 0 bridgehead atoms. The topological polar surface area (TPSA) is 67.9 Å². The summed E-state index contributed by atoms with van der Waals surface area (Å²) < 4.78 is 92.1. The van der Waals surface area contributed by atoms with E-state index in [0.29, 0.717) is 36.4 Å². The zero-order valence-electron chi connectivity index (χ0n) is 24.5. The van der Waals surface area contributed by atoms with Crippen LogP contribution in [0.2, 0.25) is 0 Å². The van der Waals surface area contributed by atoms with Crippen molar-refractivity contribution < 1.29 is 45.4 Å². The summed E-state index contributed by atoms with van der Waals surface area (Å²) in [5.74, 6) is 0.387. The molecule has 0 spiro atoms. The monoisotopic (exact) mass is 612 g/mol. The molecule has 0 aromatic heterocycles. The number of hydrogen-bond donors (Lipinski definition) is 1. The van der Waals surface area contributed by atoms with Crippen molar-refractivity contribution in [3.8, 4) is 5.75 Å². The summed E-state index contributed by atoms with van der Waals surface area (Å²) in [6, 6.07) is 5.64. The molecule has 0 radical (unpaired) electrons. The van der Waals surface area contributed by atoms with Crippen LogP contribution in [-0.4, -0.2) is 36.6 Å². The normalized spacial score (nSPS) is 20.7. The minimum Gasteiger partial charge on any atom is -0.496 e. The maximum Gasteiger partial charge on any atom is 0.416 e. The lowest BCUT2D eigenvalue weighted by Gasteiger charge is -2.36. The zero-order valence-corrected chi connectivity index (χ0v) is 24.5. The van der Waals surface area contributed by atoms with Gasteiger partial charge in [-0.2, -0.15) is 26.3 Å². The quantitative estimate of drug-likeness (QED) is 0.318. The SMILES string of the molecule is CCC(=O)Nc1ccc(OC)c(C2=C(CN3C(=O)O[C@H](c4cc(C(F)(F)F)cc(C(F)(F)F)c4)[C@@H]3C)CC(C)(C)CC2)c1. The van der Waals surface area contributed by atoms with Crippen LogP contribution >= 0.6 is 0 Å². The number of anilines is 1. The highest BCUT2D eigenvalue weighted by atomic mass is 19.4. The second kappa shape index (κ2) is 11.8. The summed E-state index contributed by atoms with van der Waals surface area (Å²) in [6.45, 7) is 7.48. The number of ether oxygens (including phenoxy) is 2. The Bertz CT molecular complexity index is 1400. The van der Waals surface area contributed by atoms with E-state index in [-0.39, 0.29) is 35.9 Å². The van der Waals surface area contributed by atoms with E-state index in [1.54, 1.807) is 32.0 Å².